The second-order valence-electron chi connectivity index (χ2n) is 4.33. The van der Waals surface area contributed by atoms with Crippen LogP contribution in [0.4, 0.5) is 17.6 Å². The van der Waals surface area contributed by atoms with E-state index in [9.17, 15) is 17.6 Å². The second-order valence-corrected chi connectivity index (χ2v) is 4.33. The van der Waals surface area contributed by atoms with E-state index in [0.717, 1.165) is 12.1 Å². The first-order chi connectivity index (χ1) is 7.25. The van der Waals surface area contributed by atoms with Crippen molar-refractivity contribution in [1.82, 2.24) is 0 Å². The van der Waals surface area contributed by atoms with Crippen molar-refractivity contribution >= 4 is 0 Å². The van der Waals surface area contributed by atoms with E-state index in [2.05, 4.69) is 0 Å². The van der Waals surface area contributed by atoms with Crippen molar-refractivity contribution in [2.75, 3.05) is 0 Å². The minimum atomic E-state index is -4.56. The molecule has 1 aliphatic rings. The Morgan fingerprint density at radius 1 is 1.38 bits per heavy atom. The highest BCUT2D eigenvalue weighted by molar-refractivity contribution is 5.40. The van der Waals surface area contributed by atoms with Crippen LogP contribution in [-0.2, 0) is 11.7 Å². The molecule has 1 aromatic rings. The fourth-order valence-electron chi connectivity index (χ4n) is 1.98. The number of alkyl halides is 3. The molecule has 0 amide bonds. The number of rotatable bonds is 1. The smallest absolute Gasteiger partial charge is 0.321 e. The van der Waals surface area contributed by atoms with Crippen LogP contribution < -0.4 is 5.73 Å². The van der Waals surface area contributed by atoms with Gasteiger partial charge in [-0.25, -0.2) is 4.39 Å². The molecule has 5 heteroatoms. The Morgan fingerprint density at radius 3 is 2.38 bits per heavy atom. The molecule has 2 atom stereocenters. The average molecular weight is 233 g/mol. The Hall–Kier alpha value is -1.10. The van der Waals surface area contributed by atoms with Crippen LogP contribution in [0.5, 0.6) is 0 Å². The number of benzene rings is 1. The molecule has 0 radical (unpaired) electrons. The molecule has 1 aliphatic carbocycles. The van der Waals surface area contributed by atoms with Crippen LogP contribution >= 0.6 is 0 Å². The average Bonchev–Trinajstić information content (AvgIpc) is 2.74. The van der Waals surface area contributed by atoms with Crippen molar-refractivity contribution in [3.05, 3.63) is 35.1 Å². The Morgan fingerprint density at radius 2 is 1.94 bits per heavy atom. The predicted octanol–water partition coefficient (Wildman–Crippen LogP) is 3.04. The molecule has 2 rings (SSSR count). The summed E-state index contributed by atoms with van der Waals surface area (Å²) in [4.78, 5) is 0. The van der Waals surface area contributed by atoms with E-state index in [1.165, 1.54) is 0 Å². The second kappa shape index (κ2) is 3.20. The van der Waals surface area contributed by atoms with Gasteiger partial charge in [0.1, 0.15) is 5.82 Å². The maximum absolute atomic E-state index is 12.8. The molecule has 0 heterocycles. The van der Waals surface area contributed by atoms with Crippen LogP contribution in [0.1, 0.15) is 24.5 Å². The number of hydrogen-bond acceptors (Lipinski definition) is 1. The van der Waals surface area contributed by atoms with Crippen molar-refractivity contribution in [2.24, 2.45) is 11.7 Å². The summed E-state index contributed by atoms with van der Waals surface area (Å²) in [6, 6.07) is 2.67. The van der Waals surface area contributed by atoms with E-state index in [0.29, 0.717) is 12.5 Å². The maximum atomic E-state index is 12.8. The third-order valence-electron chi connectivity index (χ3n) is 3.15. The summed E-state index contributed by atoms with van der Waals surface area (Å²) in [7, 11) is 0. The standard InChI is InChI=1S/C11H11F4N/c1-6-5-10(6,16)8-3-2-7(12)4-9(8)11(13,14)15/h2-4,6H,5,16H2,1H3. The molecular formula is C11H11F4N. The Labute approximate surface area is 90.3 Å². The van der Waals surface area contributed by atoms with Crippen LogP contribution in [0.25, 0.3) is 0 Å². The minimum Gasteiger partial charge on any atom is -0.321 e. The molecule has 1 nitrogen and oxygen atoms in total. The molecule has 88 valence electrons. The van der Waals surface area contributed by atoms with Gasteiger partial charge in [-0.2, -0.15) is 13.2 Å². The zero-order valence-electron chi connectivity index (χ0n) is 8.61. The van der Waals surface area contributed by atoms with E-state index in [-0.39, 0.29) is 11.5 Å². The number of hydrogen-bond donors (Lipinski definition) is 1. The molecule has 1 fully saturated rings. The van der Waals surface area contributed by atoms with E-state index in [1.807, 2.05) is 0 Å². The Bertz CT molecular complexity index is 426. The van der Waals surface area contributed by atoms with Gasteiger partial charge in [0.15, 0.2) is 0 Å². The lowest BCUT2D eigenvalue weighted by atomic mass is 9.97. The van der Waals surface area contributed by atoms with E-state index in [4.69, 9.17) is 5.73 Å². The highest BCUT2D eigenvalue weighted by Gasteiger charge is 2.52. The van der Waals surface area contributed by atoms with Crippen molar-refractivity contribution in [2.45, 2.75) is 25.1 Å². The molecule has 0 aliphatic heterocycles. The third-order valence-corrected chi connectivity index (χ3v) is 3.15. The molecular weight excluding hydrogens is 222 g/mol. The molecule has 2 N–H and O–H groups in total. The first-order valence-electron chi connectivity index (χ1n) is 4.91. The lowest BCUT2D eigenvalue weighted by Gasteiger charge is -2.18. The summed E-state index contributed by atoms with van der Waals surface area (Å²) >= 11 is 0. The van der Waals surface area contributed by atoms with Crippen molar-refractivity contribution < 1.29 is 17.6 Å². The van der Waals surface area contributed by atoms with Gasteiger partial charge in [-0.1, -0.05) is 13.0 Å². The van der Waals surface area contributed by atoms with Crippen molar-refractivity contribution in [3.8, 4) is 0 Å². The quantitative estimate of drug-likeness (QED) is 0.741. The van der Waals surface area contributed by atoms with Gasteiger partial charge in [-0.3, -0.25) is 0 Å². The van der Waals surface area contributed by atoms with E-state index >= 15 is 0 Å². The molecule has 0 bridgehead atoms. The summed E-state index contributed by atoms with van der Waals surface area (Å²) in [6.45, 7) is 1.78. The van der Waals surface area contributed by atoms with Gasteiger partial charge >= 0.3 is 6.18 Å². The summed E-state index contributed by atoms with van der Waals surface area (Å²) in [5.41, 5.74) is 3.93. The monoisotopic (exact) mass is 233 g/mol. The largest absolute Gasteiger partial charge is 0.416 e. The third kappa shape index (κ3) is 1.69. The van der Waals surface area contributed by atoms with E-state index < -0.39 is 23.1 Å². The summed E-state index contributed by atoms with van der Waals surface area (Å²) in [6.07, 6.45) is -4.06. The molecule has 1 aromatic carbocycles. The first-order valence-corrected chi connectivity index (χ1v) is 4.91. The van der Waals surface area contributed by atoms with Gasteiger partial charge in [-0.15, -0.1) is 0 Å². The first kappa shape index (κ1) is 11.4. The van der Waals surface area contributed by atoms with Crippen LogP contribution in [0.2, 0.25) is 0 Å². The molecule has 0 aromatic heterocycles. The van der Waals surface area contributed by atoms with Gasteiger partial charge in [0.2, 0.25) is 0 Å². The van der Waals surface area contributed by atoms with E-state index in [1.54, 1.807) is 6.92 Å². The Kier molecular flexibility index (Phi) is 2.28. The van der Waals surface area contributed by atoms with Gasteiger partial charge in [0.25, 0.3) is 0 Å². The lowest BCUT2D eigenvalue weighted by molar-refractivity contribution is -0.138. The predicted molar refractivity (Wildman–Crippen MR) is 51.0 cm³/mol. The molecule has 2 unspecified atom stereocenters. The van der Waals surface area contributed by atoms with Crippen LogP contribution in [0.3, 0.4) is 0 Å². The Balaban J connectivity index is 2.54. The highest BCUT2D eigenvalue weighted by Crippen LogP contribution is 2.52. The van der Waals surface area contributed by atoms with Crippen LogP contribution in [0.15, 0.2) is 18.2 Å². The zero-order valence-corrected chi connectivity index (χ0v) is 8.61. The van der Waals surface area contributed by atoms with Crippen LogP contribution in [0, 0.1) is 11.7 Å². The lowest BCUT2D eigenvalue weighted by Crippen LogP contribution is -2.26. The number of halogens is 4. The SMILES string of the molecule is CC1CC1(N)c1ccc(F)cc1C(F)(F)F. The van der Waals surface area contributed by atoms with Gasteiger partial charge in [-0.05, 0) is 30.0 Å². The molecule has 0 spiro atoms. The van der Waals surface area contributed by atoms with Crippen molar-refractivity contribution in [1.29, 1.82) is 0 Å². The highest BCUT2D eigenvalue weighted by atomic mass is 19.4. The van der Waals surface area contributed by atoms with Gasteiger partial charge < -0.3 is 5.73 Å². The van der Waals surface area contributed by atoms with Gasteiger partial charge in [0, 0.05) is 5.54 Å². The summed E-state index contributed by atoms with van der Waals surface area (Å²) < 4.78 is 50.9. The van der Waals surface area contributed by atoms with Crippen LogP contribution in [-0.4, -0.2) is 0 Å². The molecule has 1 saturated carbocycles. The fraction of sp³-hybridized carbons (Fsp3) is 0.455. The fourth-order valence-corrected chi connectivity index (χ4v) is 1.98. The number of nitrogens with two attached hydrogens (primary N) is 1. The van der Waals surface area contributed by atoms with Crippen molar-refractivity contribution in [3.63, 3.8) is 0 Å². The van der Waals surface area contributed by atoms with Gasteiger partial charge in [0.05, 0.1) is 5.56 Å². The normalized spacial score (nSPS) is 29.2. The summed E-state index contributed by atoms with van der Waals surface area (Å²) in [5, 5.41) is 0. The zero-order chi connectivity index (χ0) is 12.1. The topological polar surface area (TPSA) is 26.0 Å². The molecule has 0 saturated heterocycles. The molecule has 16 heavy (non-hydrogen) atoms. The minimum absolute atomic E-state index is 0.000869. The maximum Gasteiger partial charge on any atom is 0.416 e. The summed E-state index contributed by atoms with van der Waals surface area (Å²) in [5.74, 6) is -0.896.